The van der Waals surface area contributed by atoms with Crippen molar-refractivity contribution in [1.29, 1.82) is 0 Å². The zero-order chi connectivity index (χ0) is 22.4. The van der Waals surface area contributed by atoms with E-state index in [1.54, 1.807) is 6.07 Å². The minimum atomic E-state index is -4.49. The fourth-order valence-corrected chi connectivity index (χ4v) is 3.71. The molecule has 1 aliphatic heterocycles. The maximum Gasteiger partial charge on any atom is 0.417 e. The quantitative estimate of drug-likeness (QED) is 0.537. The number of amides is 1. The van der Waals surface area contributed by atoms with Crippen molar-refractivity contribution in [2.24, 2.45) is 5.92 Å². The van der Waals surface area contributed by atoms with Gasteiger partial charge in [-0.05, 0) is 37.5 Å². The number of nitrogens with one attached hydrogen (secondary N) is 1. The standard InChI is InChI=1S/C22H25ClF3N3O2/c1-2-3-12-31-19-7-5-4-6-18(19)28-21(30)15-8-10-29(11-9-15)20-17(23)13-16(14-27-20)22(24,25)26/h4-7,13-15H,2-3,8-12H2,1H3,(H,28,30). The monoisotopic (exact) mass is 455 g/mol. The summed E-state index contributed by atoms with van der Waals surface area (Å²) in [6, 6.07) is 8.21. The molecule has 0 aliphatic carbocycles. The van der Waals surface area contributed by atoms with Crippen molar-refractivity contribution in [3.05, 3.63) is 47.1 Å². The minimum absolute atomic E-state index is 0.0455. The molecule has 2 heterocycles. The van der Waals surface area contributed by atoms with Crippen molar-refractivity contribution in [2.45, 2.75) is 38.8 Å². The molecule has 1 aromatic carbocycles. The van der Waals surface area contributed by atoms with Crippen LogP contribution in [0.4, 0.5) is 24.7 Å². The molecule has 1 N–H and O–H groups in total. The van der Waals surface area contributed by atoms with Gasteiger partial charge in [-0.25, -0.2) is 4.98 Å². The average Bonchev–Trinajstić information content (AvgIpc) is 2.74. The summed E-state index contributed by atoms with van der Waals surface area (Å²) in [5.74, 6) is 0.636. The molecule has 168 valence electrons. The van der Waals surface area contributed by atoms with Crippen LogP contribution in [0.25, 0.3) is 0 Å². The van der Waals surface area contributed by atoms with E-state index in [9.17, 15) is 18.0 Å². The fourth-order valence-electron chi connectivity index (χ4n) is 3.43. The molecule has 3 rings (SSSR count). The number of carbonyl (C=O) groups is 1. The summed E-state index contributed by atoms with van der Waals surface area (Å²) in [4.78, 5) is 18.5. The molecule has 1 saturated heterocycles. The highest BCUT2D eigenvalue weighted by atomic mass is 35.5. The maximum absolute atomic E-state index is 12.8. The molecular formula is C22H25ClF3N3O2. The van der Waals surface area contributed by atoms with Crippen molar-refractivity contribution in [3.63, 3.8) is 0 Å². The molecular weight excluding hydrogens is 431 g/mol. The van der Waals surface area contributed by atoms with Gasteiger partial charge in [0.25, 0.3) is 0 Å². The Morgan fingerprint density at radius 1 is 1.29 bits per heavy atom. The van der Waals surface area contributed by atoms with Crippen molar-refractivity contribution in [3.8, 4) is 5.75 Å². The number of rotatable bonds is 7. The molecule has 0 unspecified atom stereocenters. The highest BCUT2D eigenvalue weighted by molar-refractivity contribution is 6.33. The SMILES string of the molecule is CCCCOc1ccccc1NC(=O)C1CCN(c2ncc(C(F)(F)F)cc2Cl)CC1. The highest BCUT2D eigenvalue weighted by Crippen LogP contribution is 2.35. The van der Waals surface area contributed by atoms with E-state index >= 15 is 0 Å². The van der Waals surface area contributed by atoms with Crippen LogP contribution in [0.1, 0.15) is 38.2 Å². The third-order valence-corrected chi connectivity index (χ3v) is 5.49. The molecule has 5 nitrogen and oxygen atoms in total. The molecule has 1 aromatic heterocycles. The Hall–Kier alpha value is -2.48. The third-order valence-electron chi connectivity index (χ3n) is 5.21. The van der Waals surface area contributed by atoms with E-state index < -0.39 is 11.7 Å². The first-order valence-corrected chi connectivity index (χ1v) is 10.7. The molecule has 0 radical (unpaired) electrons. The Kier molecular flexibility index (Phi) is 7.64. The van der Waals surface area contributed by atoms with Gasteiger partial charge in [0.2, 0.25) is 5.91 Å². The van der Waals surface area contributed by atoms with Crippen LogP contribution in [-0.4, -0.2) is 30.6 Å². The van der Waals surface area contributed by atoms with E-state index in [1.165, 1.54) is 0 Å². The number of alkyl halides is 3. The smallest absolute Gasteiger partial charge is 0.417 e. The fraction of sp³-hybridized carbons (Fsp3) is 0.455. The number of ether oxygens (including phenoxy) is 1. The Bertz CT molecular complexity index is 900. The lowest BCUT2D eigenvalue weighted by Crippen LogP contribution is -2.38. The number of halogens is 4. The summed E-state index contributed by atoms with van der Waals surface area (Å²) >= 11 is 6.05. The summed E-state index contributed by atoms with van der Waals surface area (Å²) in [6.07, 6.45) is -0.661. The van der Waals surface area contributed by atoms with Crippen molar-refractivity contribution < 1.29 is 22.7 Å². The summed E-state index contributed by atoms with van der Waals surface area (Å²) < 4.78 is 44.2. The van der Waals surface area contributed by atoms with E-state index in [-0.39, 0.29) is 16.8 Å². The van der Waals surface area contributed by atoms with Crippen LogP contribution in [-0.2, 0) is 11.0 Å². The van der Waals surface area contributed by atoms with Crippen molar-refractivity contribution in [2.75, 3.05) is 29.9 Å². The van der Waals surface area contributed by atoms with Gasteiger partial charge in [-0.15, -0.1) is 0 Å². The number of benzene rings is 1. The third kappa shape index (κ3) is 6.03. The van der Waals surface area contributed by atoms with E-state index in [0.29, 0.717) is 49.8 Å². The molecule has 1 fully saturated rings. The lowest BCUT2D eigenvalue weighted by atomic mass is 9.95. The lowest BCUT2D eigenvalue weighted by molar-refractivity contribution is -0.137. The van der Waals surface area contributed by atoms with Crippen molar-refractivity contribution in [1.82, 2.24) is 4.98 Å². The molecule has 0 bridgehead atoms. The number of hydrogen-bond donors (Lipinski definition) is 1. The van der Waals surface area contributed by atoms with Gasteiger partial charge in [-0.2, -0.15) is 13.2 Å². The second-order valence-electron chi connectivity index (χ2n) is 7.48. The largest absolute Gasteiger partial charge is 0.491 e. The molecule has 0 spiro atoms. The van der Waals surface area contributed by atoms with E-state index in [4.69, 9.17) is 16.3 Å². The number of nitrogens with zero attached hydrogens (tertiary/aromatic N) is 2. The number of unbranched alkanes of at least 4 members (excludes halogenated alkanes) is 1. The average molecular weight is 456 g/mol. The highest BCUT2D eigenvalue weighted by Gasteiger charge is 2.33. The lowest BCUT2D eigenvalue weighted by Gasteiger charge is -2.32. The zero-order valence-corrected chi connectivity index (χ0v) is 18.0. The van der Waals surface area contributed by atoms with Gasteiger partial charge in [0.1, 0.15) is 11.6 Å². The second kappa shape index (κ2) is 10.2. The zero-order valence-electron chi connectivity index (χ0n) is 17.2. The van der Waals surface area contributed by atoms with Gasteiger partial charge in [-0.1, -0.05) is 37.1 Å². The topological polar surface area (TPSA) is 54.5 Å². The number of hydrogen-bond acceptors (Lipinski definition) is 4. The van der Waals surface area contributed by atoms with Gasteiger partial charge < -0.3 is 15.0 Å². The first-order chi connectivity index (χ1) is 14.8. The van der Waals surface area contributed by atoms with Crippen LogP contribution in [0.2, 0.25) is 5.02 Å². The Balaban J connectivity index is 1.58. The molecule has 0 atom stereocenters. The molecule has 2 aromatic rings. The molecule has 31 heavy (non-hydrogen) atoms. The molecule has 9 heteroatoms. The summed E-state index contributed by atoms with van der Waals surface area (Å²) in [6.45, 7) is 3.62. The van der Waals surface area contributed by atoms with Crippen LogP contribution in [0.15, 0.2) is 36.5 Å². The van der Waals surface area contributed by atoms with Crippen molar-refractivity contribution >= 4 is 29.0 Å². The number of piperidine rings is 1. The van der Waals surface area contributed by atoms with Crippen LogP contribution >= 0.6 is 11.6 Å². The van der Waals surface area contributed by atoms with Crippen LogP contribution in [0, 0.1) is 5.92 Å². The number of anilines is 2. The normalized spacial score (nSPS) is 15.1. The maximum atomic E-state index is 12.8. The van der Waals surface area contributed by atoms with Gasteiger partial charge in [0, 0.05) is 25.2 Å². The number of pyridine rings is 1. The molecule has 0 saturated carbocycles. The van der Waals surface area contributed by atoms with Gasteiger partial charge >= 0.3 is 6.18 Å². The number of aromatic nitrogens is 1. The second-order valence-corrected chi connectivity index (χ2v) is 7.88. The minimum Gasteiger partial charge on any atom is -0.491 e. The van der Waals surface area contributed by atoms with E-state index in [2.05, 4.69) is 17.2 Å². The van der Waals surface area contributed by atoms with E-state index in [0.717, 1.165) is 25.1 Å². The Morgan fingerprint density at radius 3 is 2.65 bits per heavy atom. The number of carbonyl (C=O) groups excluding carboxylic acids is 1. The molecule has 1 aliphatic rings. The van der Waals surface area contributed by atoms with Gasteiger partial charge in [0.15, 0.2) is 0 Å². The van der Waals surface area contributed by atoms with Crippen LogP contribution in [0.5, 0.6) is 5.75 Å². The van der Waals surface area contributed by atoms with Gasteiger partial charge in [-0.3, -0.25) is 4.79 Å². The summed E-state index contributed by atoms with van der Waals surface area (Å²) in [5.41, 5.74) is -0.242. The van der Waals surface area contributed by atoms with E-state index in [1.807, 2.05) is 23.1 Å². The number of para-hydroxylation sites is 2. The first kappa shape index (κ1) is 23.2. The first-order valence-electron chi connectivity index (χ1n) is 10.3. The Labute approximate surface area is 184 Å². The summed E-state index contributed by atoms with van der Waals surface area (Å²) in [7, 11) is 0. The van der Waals surface area contributed by atoms with Crippen LogP contribution < -0.4 is 15.0 Å². The molecule has 1 amide bonds. The summed E-state index contributed by atoms with van der Waals surface area (Å²) in [5, 5.41) is 2.90. The predicted octanol–water partition coefficient (Wildman–Crippen LogP) is 5.79. The van der Waals surface area contributed by atoms with Gasteiger partial charge in [0.05, 0.1) is 22.9 Å². The predicted molar refractivity (Wildman–Crippen MR) is 115 cm³/mol. The Morgan fingerprint density at radius 2 is 2.00 bits per heavy atom. The van der Waals surface area contributed by atoms with Crippen LogP contribution in [0.3, 0.4) is 0 Å².